The summed E-state index contributed by atoms with van der Waals surface area (Å²) < 4.78 is 1.90. The van der Waals surface area contributed by atoms with E-state index >= 15 is 0 Å². The summed E-state index contributed by atoms with van der Waals surface area (Å²) in [7, 11) is 0. The SMILES string of the molecule is C[C@H](C(=O)NCc1ccc(Cn2cccn2)cc1)N1CCc2ccccc21. The molecule has 0 bridgehead atoms. The van der Waals surface area contributed by atoms with Crippen LogP contribution >= 0.6 is 0 Å². The normalized spacial score (nSPS) is 14.0. The molecule has 5 heteroatoms. The fourth-order valence-corrected chi connectivity index (χ4v) is 3.59. The molecule has 1 amide bonds. The maximum absolute atomic E-state index is 12.6. The van der Waals surface area contributed by atoms with E-state index < -0.39 is 0 Å². The lowest BCUT2D eigenvalue weighted by atomic mass is 10.1. The van der Waals surface area contributed by atoms with Crippen LogP contribution in [-0.2, 0) is 24.3 Å². The molecule has 1 aliphatic heterocycles. The van der Waals surface area contributed by atoms with E-state index in [9.17, 15) is 4.79 Å². The molecule has 1 aromatic heterocycles. The van der Waals surface area contributed by atoms with Gasteiger partial charge in [0.1, 0.15) is 6.04 Å². The zero-order valence-electron chi connectivity index (χ0n) is 15.5. The second kappa shape index (κ2) is 7.66. The largest absolute Gasteiger partial charge is 0.359 e. The molecule has 1 N–H and O–H groups in total. The number of hydrogen-bond donors (Lipinski definition) is 1. The number of aromatic nitrogens is 2. The van der Waals surface area contributed by atoms with Gasteiger partial charge in [0, 0.05) is 31.2 Å². The summed E-state index contributed by atoms with van der Waals surface area (Å²) in [6, 6.07) is 18.4. The maximum Gasteiger partial charge on any atom is 0.242 e. The van der Waals surface area contributed by atoms with Gasteiger partial charge in [-0.05, 0) is 42.2 Å². The zero-order chi connectivity index (χ0) is 18.6. The Morgan fingerprint density at radius 2 is 1.89 bits per heavy atom. The Labute approximate surface area is 159 Å². The highest BCUT2D eigenvalue weighted by molar-refractivity contribution is 5.85. The molecule has 0 fully saturated rings. The van der Waals surface area contributed by atoms with Gasteiger partial charge in [-0.25, -0.2) is 0 Å². The van der Waals surface area contributed by atoms with Crippen LogP contribution in [0.25, 0.3) is 0 Å². The number of carbonyl (C=O) groups excluding carboxylic acids is 1. The van der Waals surface area contributed by atoms with E-state index in [4.69, 9.17) is 0 Å². The van der Waals surface area contributed by atoms with Gasteiger partial charge in [0.15, 0.2) is 0 Å². The van der Waals surface area contributed by atoms with Crippen molar-refractivity contribution in [1.29, 1.82) is 0 Å². The molecule has 1 atom stereocenters. The molecule has 2 aromatic carbocycles. The predicted octanol–water partition coefficient (Wildman–Crippen LogP) is 3.00. The fourth-order valence-electron chi connectivity index (χ4n) is 3.59. The molecule has 0 saturated carbocycles. The third-order valence-corrected chi connectivity index (χ3v) is 5.16. The molecule has 0 spiro atoms. The molecule has 4 rings (SSSR count). The van der Waals surface area contributed by atoms with Gasteiger partial charge in [-0.1, -0.05) is 42.5 Å². The zero-order valence-corrected chi connectivity index (χ0v) is 15.5. The number of fused-ring (bicyclic) bond motifs is 1. The number of nitrogens with one attached hydrogen (secondary N) is 1. The second-order valence-electron chi connectivity index (χ2n) is 6.99. The second-order valence-corrected chi connectivity index (χ2v) is 6.99. The van der Waals surface area contributed by atoms with Crippen molar-refractivity contribution in [2.24, 2.45) is 0 Å². The van der Waals surface area contributed by atoms with E-state index in [1.807, 2.05) is 29.9 Å². The molecule has 0 radical (unpaired) electrons. The van der Waals surface area contributed by atoms with Crippen molar-refractivity contribution in [1.82, 2.24) is 15.1 Å². The first-order valence-corrected chi connectivity index (χ1v) is 9.38. The Bertz CT molecular complexity index is 902. The Kier molecular flexibility index (Phi) is 4.92. The van der Waals surface area contributed by atoms with Gasteiger partial charge >= 0.3 is 0 Å². The van der Waals surface area contributed by atoms with E-state index in [0.717, 1.165) is 25.1 Å². The highest BCUT2D eigenvalue weighted by Crippen LogP contribution is 2.29. The highest BCUT2D eigenvalue weighted by Gasteiger charge is 2.27. The Morgan fingerprint density at radius 3 is 2.67 bits per heavy atom. The quantitative estimate of drug-likeness (QED) is 0.735. The average Bonchev–Trinajstić information content (AvgIpc) is 3.36. The van der Waals surface area contributed by atoms with Gasteiger partial charge in [0.05, 0.1) is 6.54 Å². The standard InChI is InChI=1S/C22H24N4O/c1-17(26-14-11-20-5-2-3-6-21(20)26)22(27)23-15-18-7-9-19(10-8-18)16-25-13-4-12-24-25/h2-10,12-13,17H,11,14-16H2,1H3,(H,23,27)/t17-/m1/s1. The third-order valence-electron chi connectivity index (χ3n) is 5.16. The molecule has 0 aliphatic carbocycles. The van der Waals surface area contributed by atoms with Gasteiger partial charge < -0.3 is 10.2 Å². The van der Waals surface area contributed by atoms with E-state index in [1.165, 1.54) is 16.8 Å². The first-order valence-electron chi connectivity index (χ1n) is 9.38. The maximum atomic E-state index is 12.6. The van der Waals surface area contributed by atoms with Crippen molar-refractivity contribution < 1.29 is 4.79 Å². The highest BCUT2D eigenvalue weighted by atomic mass is 16.2. The minimum atomic E-state index is -0.173. The Balaban J connectivity index is 1.32. The molecule has 138 valence electrons. The van der Waals surface area contributed by atoms with Crippen LogP contribution in [0, 0.1) is 0 Å². The molecule has 2 heterocycles. The summed E-state index contributed by atoms with van der Waals surface area (Å²) in [5.74, 6) is 0.0623. The molecule has 5 nitrogen and oxygen atoms in total. The number of benzene rings is 2. The summed E-state index contributed by atoms with van der Waals surface area (Å²) in [5, 5.41) is 7.29. The average molecular weight is 360 g/mol. The van der Waals surface area contributed by atoms with Crippen LogP contribution in [0.2, 0.25) is 0 Å². The van der Waals surface area contributed by atoms with E-state index in [1.54, 1.807) is 6.20 Å². The lowest BCUT2D eigenvalue weighted by Gasteiger charge is -2.26. The van der Waals surface area contributed by atoms with Crippen molar-refractivity contribution in [2.45, 2.75) is 32.5 Å². The fraction of sp³-hybridized carbons (Fsp3) is 0.273. The first-order chi connectivity index (χ1) is 13.2. The first kappa shape index (κ1) is 17.3. The lowest BCUT2D eigenvalue weighted by molar-refractivity contribution is -0.122. The monoisotopic (exact) mass is 360 g/mol. The number of para-hydroxylation sites is 1. The van der Waals surface area contributed by atoms with Gasteiger partial charge in [0.25, 0.3) is 0 Å². The lowest BCUT2D eigenvalue weighted by Crippen LogP contribution is -2.44. The number of rotatable bonds is 6. The van der Waals surface area contributed by atoms with Crippen molar-refractivity contribution in [3.8, 4) is 0 Å². The minimum absolute atomic E-state index is 0.0623. The summed E-state index contributed by atoms with van der Waals surface area (Å²) >= 11 is 0. The van der Waals surface area contributed by atoms with Crippen molar-refractivity contribution >= 4 is 11.6 Å². The van der Waals surface area contributed by atoms with E-state index in [2.05, 4.69) is 57.8 Å². The van der Waals surface area contributed by atoms with Gasteiger partial charge in [-0.15, -0.1) is 0 Å². The van der Waals surface area contributed by atoms with Crippen molar-refractivity contribution in [3.05, 3.63) is 83.7 Å². The summed E-state index contributed by atoms with van der Waals surface area (Å²) in [6.07, 6.45) is 4.74. The van der Waals surface area contributed by atoms with Crippen LogP contribution in [0.1, 0.15) is 23.6 Å². The summed E-state index contributed by atoms with van der Waals surface area (Å²) in [6.45, 7) is 4.17. The predicted molar refractivity (Wildman–Crippen MR) is 107 cm³/mol. The molecular weight excluding hydrogens is 336 g/mol. The molecule has 1 aliphatic rings. The number of nitrogens with zero attached hydrogens (tertiary/aromatic N) is 3. The van der Waals surface area contributed by atoms with Gasteiger partial charge in [0.2, 0.25) is 5.91 Å². The summed E-state index contributed by atoms with van der Waals surface area (Å²) in [5.41, 5.74) is 4.80. The molecule has 27 heavy (non-hydrogen) atoms. The number of hydrogen-bond acceptors (Lipinski definition) is 3. The van der Waals surface area contributed by atoms with Crippen LogP contribution in [0.15, 0.2) is 67.0 Å². The van der Waals surface area contributed by atoms with Crippen LogP contribution < -0.4 is 10.2 Å². The van der Waals surface area contributed by atoms with Gasteiger partial charge in [-0.2, -0.15) is 5.10 Å². The van der Waals surface area contributed by atoms with Gasteiger partial charge in [-0.3, -0.25) is 9.48 Å². The van der Waals surface area contributed by atoms with Crippen LogP contribution in [0.4, 0.5) is 5.69 Å². The molecule has 3 aromatic rings. The topological polar surface area (TPSA) is 50.2 Å². The smallest absolute Gasteiger partial charge is 0.242 e. The molecule has 0 unspecified atom stereocenters. The number of carbonyl (C=O) groups is 1. The minimum Gasteiger partial charge on any atom is -0.359 e. The van der Waals surface area contributed by atoms with Crippen LogP contribution in [-0.4, -0.2) is 28.3 Å². The van der Waals surface area contributed by atoms with E-state index in [0.29, 0.717) is 6.54 Å². The Morgan fingerprint density at radius 1 is 1.11 bits per heavy atom. The number of anilines is 1. The van der Waals surface area contributed by atoms with Crippen LogP contribution in [0.3, 0.4) is 0 Å². The molecular formula is C22H24N4O. The third kappa shape index (κ3) is 3.87. The number of amides is 1. The van der Waals surface area contributed by atoms with Crippen molar-refractivity contribution in [3.63, 3.8) is 0 Å². The Hall–Kier alpha value is -3.08. The molecule has 0 saturated heterocycles. The van der Waals surface area contributed by atoms with E-state index in [-0.39, 0.29) is 11.9 Å². The summed E-state index contributed by atoms with van der Waals surface area (Å²) in [4.78, 5) is 14.8. The van der Waals surface area contributed by atoms with Crippen molar-refractivity contribution in [2.75, 3.05) is 11.4 Å². The van der Waals surface area contributed by atoms with Crippen LogP contribution in [0.5, 0.6) is 0 Å².